The normalized spacial score (nSPS) is 12.5. The molecule has 0 fully saturated rings. The lowest BCUT2D eigenvalue weighted by Crippen LogP contribution is -2.38. The maximum Gasteiger partial charge on any atom is 0.480 e. The number of hydrogen-bond acceptors (Lipinski definition) is 0. The van der Waals surface area contributed by atoms with Crippen molar-refractivity contribution in [3.05, 3.63) is 59.7 Å². The smallest absolute Gasteiger partial charge is 0.480 e. The highest BCUT2D eigenvalue weighted by molar-refractivity contribution is 7.94. The second kappa shape index (κ2) is 8.78. The minimum atomic E-state index is -0.816. The van der Waals surface area contributed by atoms with Gasteiger partial charge in [0, 0.05) is 41.0 Å². The van der Waals surface area contributed by atoms with Crippen LogP contribution >= 0.6 is 7.80 Å². The van der Waals surface area contributed by atoms with E-state index in [9.17, 15) is 0 Å². The molecule has 0 saturated heterocycles. The highest BCUT2D eigenvalue weighted by atomic mass is 31.1. The maximum atomic E-state index is 6.52. The van der Waals surface area contributed by atoms with Gasteiger partial charge in [-0.25, -0.2) is 0 Å². The Morgan fingerprint density at radius 2 is 1.00 bits per heavy atom. The second-order valence-electron chi connectivity index (χ2n) is 8.21. The van der Waals surface area contributed by atoms with E-state index in [0.29, 0.717) is 8.79 Å². The Hall–Kier alpha value is -1.02. The molecule has 0 unspecified atom stereocenters. The SMILES string of the molecule is [B][N+](C)(C)CCc1ccc(P([B-])c2ccc(CC[N+]([B])(C)C)cc2)cc1. The molecule has 6 heteroatoms. The summed E-state index contributed by atoms with van der Waals surface area (Å²) in [7, 11) is 25.7. The summed E-state index contributed by atoms with van der Waals surface area (Å²) in [6.07, 6.45) is 1.94. The maximum absolute atomic E-state index is 6.52. The molecule has 2 aromatic rings. The van der Waals surface area contributed by atoms with Gasteiger partial charge >= 0.3 is 16.0 Å². The van der Waals surface area contributed by atoms with Crippen LogP contribution in [0.4, 0.5) is 0 Å². The molecule has 2 rings (SSSR count). The molecule has 26 heavy (non-hydrogen) atoms. The van der Waals surface area contributed by atoms with E-state index in [0.717, 1.165) is 25.9 Å². The number of benzene rings is 2. The van der Waals surface area contributed by atoms with Crippen molar-refractivity contribution >= 4 is 41.9 Å². The summed E-state index contributed by atoms with van der Waals surface area (Å²) in [5.74, 6) is 0. The van der Waals surface area contributed by atoms with Gasteiger partial charge in [0.05, 0.1) is 13.1 Å². The molecular formula is C20H28B3N2P+. The fraction of sp³-hybridized carbons (Fsp3) is 0.400. The Bertz CT molecular complexity index is 627. The number of rotatable bonds is 8. The van der Waals surface area contributed by atoms with Gasteiger partial charge < -0.3 is 24.2 Å². The molecule has 0 heterocycles. The first-order valence-corrected chi connectivity index (χ1v) is 10.4. The molecule has 2 aromatic carbocycles. The summed E-state index contributed by atoms with van der Waals surface area (Å²) in [5, 5.41) is 2.38. The van der Waals surface area contributed by atoms with Crippen molar-refractivity contribution in [3.8, 4) is 0 Å². The van der Waals surface area contributed by atoms with Crippen molar-refractivity contribution in [3.63, 3.8) is 0 Å². The van der Waals surface area contributed by atoms with E-state index in [1.165, 1.54) is 21.7 Å². The second-order valence-corrected chi connectivity index (χ2v) is 9.98. The Morgan fingerprint density at radius 1 is 0.692 bits per heavy atom. The van der Waals surface area contributed by atoms with Crippen LogP contribution in [0.1, 0.15) is 11.1 Å². The average molecular weight is 360 g/mol. The topological polar surface area (TPSA) is 0 Å². The molecule has 2 nitrogen and oxygen atoms in total. The lowest BCUT2D eigenvalue weighted by molar-refractivity contribution is -0.772. The highest BCUT2D eigenvalue weighted by Crippen LogP contribution is 2.27. The van der Waals surface area contributed by atoms with E-state index >= 15 is 0 Å². The fourth-order valence-corrected chi connectivity index (χ4v) is 3.87. The Labute approximate surface area is 164 Å². The largest absolute Gasteiger partial charge is 0.567 e. The molecule has 0 aromatic heterocycles. The van der Waals surface area contributed by atoms with Crippen LogP contribution in [0.3, 0.4) is 0 Å². The molecule has 131 valence electrons. The van der Waals surface area contributed by atoms with Crippen molar-refractivity contribution in [2.24, 2.45) is 0 Å². The molecule has 0 atom stereocenters. The van der Waals surface area contributed by atoms with E-state index < -0.39 is 7.80 Å². The fourth-order valence-electron chi connectivity index (χ4n) is 2.63. The van der Waals surface area contributed by atoms with E-state index in [1.54, 1.807) is 0 Å². The lowest BCUT2D eigenvalue weighted by atomic mass is 10.1. The summed E-state index contributed by atoms with van der Waals surface area (Å²) >= 11 is 0. The van der Waals surface area contributed by atoms with Gasteiger partial charge in [0.15, 0.2) is 0 Å². The zero-order valence-electron chi connectivity index (χ0n) is 16.5. The van der Waals surface area contributed by atoms with Crippen LogP contribution in [0.25, 0.3) is 0 Å². The third-order valence-corrected chi connectivity index (χ3v) is 6.09. The van der Waals surface area contributed by atoms with E-state index in [4.69, 9.17) is 23.5 Å². The van der Waals surface area contributed by atoms with Crippen LogP contribution < -0.4 is 10.6 Å². The third kappa shape index (κ3) is 7.31. The van der Waals surface area contributed by atoms with Gasteiger partial charge in [0.2, 0.25) is 0 Å². The Balaban J connectivity index is 1.98. The molecule has 0 amide bonds. The van der Waals surface area contributed by atoms with Gasteiger partial charge in [-0.2, -0.15) is 0 Å². The summed E-state index contributed by atoms with van der Waals surface area (Å²) in [4.78, 5) is 0. The van der Waals surface area contributed by atoms with Crippen LogP contribution in [-0.2, 0) is 12.8 Å². The predicted molar refractivity (Wildman–Crippen MR) is 118 cm³/mol. The summed E-state index contributed by atoms with van der Waals surface area (Å²) in [5.41, 5.74) is 2.60. The number of likely N-dealkylation sites (N-methyl/N-ethyl adjacent to an activating group) is 2. The van der Waals surface area contributed by atoms with Crippen molar-refractivity contribution in [2.45, 2.75) is 12.8 Å². The molecule has 0 bridgehead atoms. The molecule has 0 aliphatic heterocycles. The van der Waals surface area contributed by atoms with Crippen LogP contribution in [0.2, 0.25) is 0 Å². The van der Waals surface area contributed by atoms with E-state index in [1.807, 2.05) is 28.2 Å². The molecule has 0 aliphatic carbocycles. The van der Waals surface area contributed by atoms with Crippen molar-refractivity contribution in [2.75, 3.05) is 41.3 Å². The molecule has 0 saturated carbocycles. The van der Waals surface area contributed by atoms with Crippen molar-refractivity contribution < 1.29 is 8.79 Å². The first-order valence-electron chi connectivity index (χ1n) is 8.99. The van der Waals surface area contributed by atoms with E-state index in [2.05, 4.69) is 48.5 Å². The monoisotopic (exact) mass is 360 g/mol. The Kier molecular flexibility index (Phi) is 7.19. The standard InChI is InChI=1S/C20H28B3N2P/c1-24(2,21)15-13-17-5-9-19(10-6-17)26(23)20-11-7-18(8-12-20)14-16-25(3,4)22/h5-12H,13-16H2,1-4H3/q+1. The number of hydrogen-bond donors (Lipinski definition) is 0. The quantitative estimate of drug-likeness (QED) is 0.496. The van der Waals surface area contributed by atoms with E-state index in [-0.39, 0.29) is 0 Å². The van der Waals surface area contributed by atoms with Gasteiger partial charge in [-0.05, 0) is 11.1 Å². The van der Waals surface area contributed by atoms with Crippen molar-refractivity contribution in [1.29, 1.82) is 0 Å². The zero-order valence-corrected chi connectivity index (χ0v) is 17.4. The molecule has 0 spiro atoms. The highest BCUT2D eigenvalue weighted by Gasteiger charge is 2.09. The van der Waals surface area contributed by atoms with Gasteiger partial charge in [-0.15, -0.1) is 0 Å². The van der Waals surface area contributed by atoms with Gasteiger partial charge in [0.25, 0.3) is 0 Å². The first-order chi connectivity index (χ1) is 12.0. The Morgan fingerprint density at radius 3 is 1.27 bits per heavy atom. The lowest BCUT2D eigenvalue weighted by Gasteiger charge is -2.29. The van der Waals surface area contributed by atoms with Gasteiger partial charge in [-0.3, -0.25) is 0 Å². The summed E-state index contributed by atoms with van der Waals surface area (Å²) in [6.45, 7) is 1.83. The third-order valence-electron chi connectivity index (χ3n) is 4.38. The molecule has 0 aliphatic rings. The minimum Gasteiger partial charge on any atom is -0.567 e. The number of quaternary nitrogens is 2. The average Bonchev–Trinajstić information content (AvgIpc) is 2.57. The zero-order chi connectivity index (χ0) is 19.4. The molecule has 7 radical (unpaired) electrons. The summed E-state index contributed by atoms with van der Waals surface area (Å²) in [6, 6.07) is 17.3. The predicted octanol–water partition coefficient (Wildman–Crippen LogP) is 1.61. The minimum absolute atomic E-state index is 0.484. The summed E-state index contributed by atoms with van der Waals surface area (Å²) < 4.78 is 0.968. The number of nitrogens with zero attached hydrogens (tertiary/aromatic N) is 2. The van der Waals surface area contributed by atoms with Gasteiger partial charge in [-0.1, -0.05) is 59.1 Å². The van der Waals surface area contributed by atoms with Crippen LogP contribution in [-0.4, -0.2) is 73.6 Å². The molecule has 0 N–H and O–H groups in total. The van der Waals surface area contributed by atoms with Gasteiger partial charge in [0.1, 0.15) is 0 Å². The first kappa shape index (κ1) is 21.3. The van der Waals surface area contributed by atoms with Crippen LogP contribution in [0.15, 0.2) is 48.5 Å². The van der Waals surface area contributed by atoms with Crippen LogP contribution in [0.5, 0.6) is 0 Å². The molecular weight excluding hydrogens is 332 g/mol. The van der Waals surface area contributed by atoms with Crippen LogP contribution in [0, 0.1) is 0 Å². The van der Waals surface area contributed by atoms with Crippen molar-refractivity contribution in [1.82, 2.24) is 0 Å².